The third-order valence-electron chi connectivity index (χ3n) is 4.47. The van der Waals surface area contributed by atoms with E-state index in [4.69, 9.17) is 4.74 Å². The van der Waals surface area contributed by atoms with Gasteiger partial charge < -0.3 is 10.1 Å². The maximum absolute atomic E-state index is 13.4. The summed E-state index contributed by atoms with van der Waals surface area (Å²) in [4.78, 5) is 13.6. The molecule has 0 aromatic heterocycles. The molecule has 1 amide bonds. The van der Waals surface area contributed by atoms with E-state index >= 15 is 0 Å². The number of nitrogens with one attached hydrogen (secondary N) is 1. The fraction of sp³-hybridized carbons (Fsp3) is 0.409. The van der Waals surface area contributed by atoms with E-state index in [-0.39, 0.29) is 17.3 Å². The number of sulfonamides is 1. The summed E-state index contributed by atoms with van der Waals surface area (Å²) in [5.74, 6) is 0.316. The first kappa shape index (κ1) is 24.1. The van der Waals surface area contributed by atoms with Gasteiger partial charge in [0.2, 0.25) is 5.91 Å². The van der Waals surface area contributed by atoms with Gasteiger partial charge in [-0.3, -0.25) is 9.10 Å². The molecule has 8 heteroatoms. The van der Waals surface area contributed by atoms with Gasteiger partial charge in [0, 0.05) is 11.4 Å². The highest BCUT2D eigenvalue weighted by Crippen LogP contribution is 2.27. The quantitative estimate of drug-likeness (QED) is 0.385. The normalized spacial score (nSPS) is 11.2. The van der Waals surface area contributed by atoms with Crippen molar-refractivity contribution >= 4 is 33.4 Å². The molecule has 164 valence electrons. The Morgan fingerprint density at radius 2 is 1.70 bits per heavy atom. The lowest BCUT2D eigenvalue weighted by atomic mass is 10.2. The summed E-state index contributed by atoms with van der Waals surface area (Å²) in [6.45, 7) is 4.73. The minimum Gasteiger partial charge on any atom is -0.494 e. The van der Waals surface area contributed by atoms with Crippen LogP contribution in [0, 0.1) is 0 Å². The molecule has 0 atom stereocenters. The van der Waals surface area contributed by atoms with Gasteiger partial charge in [-0.05, 0) is 68.1 Å². The molecule has 2 aromatic rings. The van der Waals surface area contributed by atoms with Gasteiger partial charge in [-0.1, -0.05) is 19.8 Å². The molecule has 30 heavy (non-hydrogen) atoms. The van der Waals surface area contributed by atoms with Crippen molar-refractivity contribution in [1.82, 2.24) is 5.32 Å². The van der Waals surface area contributed by atoms with Gasteiger partial charge in [0.1, 0.15) is 12.3 Å². The van der Waals surface area contributed by atoms with Crippen LogP contribution in [0.3, 0.4) is 0 Å². The molecule has 0 saturated heterocycles. The number of nitrogens with zero attached hydrogens (tertiary/aromatic N) is 1. The second-order valence-electron chi connectivity index (χ2n) is 6.67. The number of anilines is 1. The number of carbonyl (C=O) groups is 1. The zero-order valence-corrected chi connectivity index (χ0v) is 19.4. The summed E-state index contributed by atoms with van der Waals surface area (Å²) in [7, 11) is -3.91. The SMILES string of the molecule is CCCCCNC(=O)CN(c1ccc(OCC)cc1)S(=O)(=O)c1ccc(SC)cc1. The monoisotopic (exact) mass is 450 g/mol. The lowest BCUT2D eigenvalue weighted by Gasteiger charge is -2.24. The molecule has 0 heterocycles. The Kier molecular flexibility index (Phi) is 9.52. The highest BCUT2D eigenvalue weighted by atomic mass is 32.2. The zero-order chi connectivity index (χ0) is 22.0. The Morgan fingerprint density at radius 1 is 1.03 bits per heavy atom. The van der Waals surface area contributed by atoms with Crippen molar-refractivity contribution in [2.75, 3.05) is 30.3 Å². The van der Waals surface area contributed by atoms with Crippen LogP contribution in [-0.2, 0) is 14.8 Å². The molecule has 0 fully saturated rings. The Morgan fingerprint density at radius 3 is 2.27 bits per heavy atom. The van der Waals surface area contributed by atoms with Crippen molar-refractivity contribution in [3.05, 3.63) is 48.5 Å². The Bertz CT molecular complexity index is 898. The van der Waals surface area contributed by atoms with Crippen molar-refractivity contribution in [2.24, 2.45) is 0 Å². The molecule has 0 unspecified atom stereocenters. The third kappa shape index (κ3) is 6.67. The molecule has 1 N–H and O–H groups in total. The Hall–Kier alpha value is -2.19. The van der Waals surface area contributed by atoms with E-state index in [2.05, 4.69) is 12.2 Å². The van der Waals surface area contributed by atoms with Crippen molar-refractivity contribution in [3.8, 4) is 5.75 Å². The van der Waals surface area contributed by atoms with Crippen molar-refractivity contribution in [3.63, 3.8) is 0 Å². The summed E-state index contributed by atoms with van der Waals surface area (Å²) in [5, 5.41) is 2.82. The first-order valence-electron chi connectivity index (χ1n) is 10.1. The highest BCUT2D eigenvalue weighted by Gasteiger charge is 2.27. The van der Waals surface area contributed by atoms with E-state index in [0.717, 1.165) is 28.5 Å². The van der Waals surface area contributed by atoms with E-state index in [0.29, 0.717) is 24.6 Å². The minimum atomic E-state index is -3.91. The maximum atomic E-state index is 13.4. The van der Waals surface area contributed by atoms with Crippen LogP contribution >= 0.6 is 11.8 Å². The Balaban J connectivity index is 2.30. The van der Waals surface area contributed by atoms with E-state index in [9.17, 15) is 13.2 Å². The van der Waals surface area contributed by atoms with Crippen molar-refractivity contribution in [1.29, 1.82) is 0 Å². The van der Waals surface area contributed by atoms with E-state index in [1.807, 2.05) is 13.2 Å². The number of carbonyl (C=O) groups excluding carboxylic acids is 1. The lowest BCUT2D eigenvalue weighted by Crippen LogP contribution is -2.41. The zero-order valence-electron chi connectivity index (χ0n) is 17.8. The molecule has 0 radical (unpaired) electrons. The highest BCUT2D eigenvalue weighted by molar-refractivity contribution is 7.98. The number of hydrogen-bond donors (Lipinski definition) is 1. The van der Waals surface area contributed by atoms with E-state index < -0.39 is 10.0 Å². The number of rotatable bonds is 12. The van der Waals surface area contributed by atoms with Gasteiger partial charge in [0.05, 0.1) is 17.2 Å². The predicted octanol–water partition coefficient (Wildman–Crippen LogP) is 4.31. The largest absolute Gasteiger partial charge is 0.494 e. The van der Waals surface area contributed by atoms with Crippen LogP contribution in [-0.4, -0.2) is 40.3 Å². The van der Waals surface area contributed by atoms with Gasteiger partial charge >= 0.3 is 0 Å². The molecule has 0 aliphatic heterocycles. The maximum Gasteiger partial charge on any atom is 0.264 e. The molecule has 2 rings (SSSR count). The van der Waals surface area contributed by atoms with Crippen LogP contribution in [0.15, 0.2) is 58.3 Å². The number of hydrogen-bond acceptors (Lipinski definition) is 5. The first-order valence-corrected chi connectivity index (χ1v) is 12.7. The topological polar surface area (TPSA) is 75.7 Å². The van der Waals surface area contributed by atoms with Crippen LogP contribution in [0.1, 0.15) is 33.1 Å². The lowest BCUT2D eigenvalue weighted by molar-refractivity contribution is -0.119. The second-order valence-corrected chi connectivity index (χ2v) is 9.41. The number of unbranched alkanes of at least 4 members (excludes halogenated alkanes) is 2. The predicted molar refractivity (Wildman–Crippen MR) is 123 cm³/mol. The number of benzene rings is 2. The van der Waals surface area contributed by atoms with Gasteiger partial charge in [0.25, 0.3) is 10.0 Å². The molecule has 0 saturated carbocycles. The summed E-state index contributed by atoms with van der Waals surface area (Å²) in [5.41, 5.74) is 0.413. The average molecular weight is 451 g/mol. The molecule has 0 bridgehead atoms. The van der Waals surface area contributed by atoms with Crippen LogP contribution in [0.4, 0.5) is 5.69 Å². The minimum absolute atomic E-state index is 0.146. The van der Waals surface area contributed by atoms with Crippen molar-refractivity contribution < 1.29 is 17.9 Å². The van der Waals surface area contributed by atoms with Gasteiger partial charge in [-0.2, -0.15) is 0 Å². The molecular weight excluding hydrogens is 420 g/mol. The van der Waals surface area contributed by atoms with Crippen LogP contribution < -0.4 is 14.4 Å². The first-order chi connectivity index (χ1) is 14.4. The smallest absolute Gasteiger partial charge is 0.264 e. The number of thioether (sulfide) groups is 1. The van der Waals surface area contributed by atoms with E-state index in [1.165, 1.54) is 11.8 Å². The molecule has 2 aromatic carbocycles. The van der Waals surface area contributed by atoms with Crippen LogP contribution in [0.25, 0.3) is 0 Å². The van der Waals surface area contributed by atoms with Crippen LogP contribution in [0.2, 0.25) is 0 Å². The average Bonchev–Trinajstić information content (AvgIpc) is 2.76. The molecule has 0 aliphatic rings. The van der Waals surface area contributed by atoms with Crippen LogP contribution in [0.5, 0.6) is 5.75 Å². The Labute approximate surface area is 184 Å². The third-order valence-corrected chi connectivity index (χ3v) is 7.00. The van der Waals surface area contributed by atoms with Crippen molar-refractivity contribution in [2.45, 2.75) is 42.9 Å². The second kappa shape index (κ2) is 11.9. The molecule has 6 nitrogen and oxygen atoms in total. The van der Waals surface area contributed by atoms with Gasteiger partial charge in [-0.25, -0.2) is 8.42 Å². The van der Waals surface area contributed by atoms with Gasteiger partial charge in [-0.15, -0.1) is 11.8 Å². The van der Waals surface area contributed by atoms with E-state index in [1.54, 1.807) is 48.5 Å². The van der Waals surface area contributed by atoms with Gasteiger partial charge in [0.15, 0.2) is 0 Å². The molecule has 0 aliphatic carbocycles. The summed E-state index contributed by atoms with van der Waals surface area (Å²) in [6, 6.07) is 13.4. The number of amides is 1. The molecule has 0 spiro atoms. The summed E-state index contributed by atoms with van der Waals surface area (Å²) >= 11 is 1.54. The molecular formula is C22H30N2O4S2. The number of ether oxygens (including phenoxy) is 1. The summed E-state index contributed by atoms with van der Waals surface area (Å²) < 4.78 is 33.3. The fourth-order valence-corrected chi connectivity index (χ4v) is 4.68. The summed E-state index contributed by atoms with van der Waals surface area (Å²) in [6.07, 6.45) is 4.87. The fourth-order valence-electron chi connectivity index (χ4n) is 2.85. The standard InChI is InChI=1S/C22H30N2O4S2/c1-4-6-7-16-23-22(25)17-24(18-8-10-19(11-9-18)28-5-2)30(26,27)21-14-12-20(29-3)13-15-21/h8-15H,4-7,16-17H2,1-3H3,(H,23,25).